The summed E-state index contributed by atoms with van der Waals surface area (Å²) in [5.74, 6) is 1.17. The number of hydrogen-bond donors (Lipinski definition) is 1. The molecule has 1 heterocycles. The van der Waals surface area contributed by atoms with Gasteiger partial charge in [-0.1, -0.05) is 78.9 Å². The van der Waals surface area contributed by atoms with Crippen LogP contribution in [0.15, 0.2) is 103 Å². The normalized spacial score (nSPS) is 10.9. The number of aromatic nitrogens is 2. The van der Waals surface area contributed by atoms with Crippen LogP contribution in [0.25, 0.3) is 33.4 Å². The van der Waals surface area contributed by atoms with Crippen LogP contribution in [0, 0.1) is 0 Å². The molecule has 1 aromatic heterocycles. The van der Waals surface area contributed by atoms with Crippen LogP contribution in [-0.4, -0.2) is 27.7 Å². The molecule has 196 valence electrons. The number of nitrogens with zero attached hydrogens (tertiary/aromatic N) is 2. The van der Waals surface area contributed by atoms with Crippen LogP contribution in [0.2, 0.25) is 0 Å². The fraction of sp³-hybridized carbons (Fsp3) is 0.182. The molecule has 0 saturated carbocycles. The second-order valence-electron chi connectivity index (χ2n) is 9.33. The summed E-state index contributed by atoms with van der Waals surface area (Å²) < 4.78 is 12.0. The van der Waals surface area contributed by atoms with E-state index < -0.39 is 5.97 Å². The molecule has 0 amide bonds. The third-order valence-electron chi connectivity index (χ3n) is 6.38. The minimum atomic E-state index is -0.752. The van der Waals surface area contributed by atoms with Crippen LogP contribution in [0.1, 0.15) is 31.2 Å². The molecule has 4 aromatic carbocycles. The van der Waals surface area contributed by atoms with Gasteiger partial charge in [-0.3, -0.25) is 4.79 Å². The highest BCUT2D eigenvalue weighted by molar-refractivity contribution is 5.87. The van der Waals surface area contributed by atoms with Crippen molar-refractivity contribution in [2.24, 2.45) is 0 Å². The van der Waals surface area contributed by atoms with Crippen molar-refractivity contribution < 1.29 is 19.4 Å². The Balaban J connectivity index is 1.35. The number of hydrogen-bond acceptors (Lipinski definition) is 5. The predicted octanol–water partition coefficient (Wildman–Crippen LogP) is 7.57. The maximum absolute atomic E-state index is 10.6. The molecule has 1 N–H and O–H groups in total. The Labute approximate surface area is 227 Å². The van der Waals surface area contributed by atoms with Gasteiger partial charge < -0.3 is 14.6 Å². The number of carbonyl (C=O) groups is 1. The van der Waals surface area contributed by atoms with Crippen LogP contribution >= 0.6 is 0 Å². The summed E-state index contributed by atoms with van der Waals surface area (Å²) in [7, 11) is 0. The molecule has 5 aromatic rings. The van der Waals surface area contributed by atoms with Crippen LogP contribution in [-0.2, 0) is 11.4 Å². The summed E-state index contributed by atoms with van der Waals surface area (Å²) >= 11 is 0. The van der Waals surface area contributed by atoms with Crippen LogP contribution in [0.5, 0.6) is 11.6 Å². The highest BCUT2D eigenvalue weighted by Crippen LogP contribution is 2.29. The van der Waals surface area contributed by atoms with E-state index in [-0.39, 0.29) is 6.42 Å². The first kappa shape index (κ1) is 25.9. The Morgan fingerprint density at radius 3 is 2.23 bits per heavy atom. The fourth-order valence-electron chi connectivity index (χ4n) is 4.31. The summed E-state index contributed by atoms with van der Waals surface area (Å²) in [5.41, 5.74) is 3.77. The zero-order valence-electron chi connectivity index (χ0n) is 21.6. The van der Waals surface area contributed by atoms with Gasteiger partial charge in [0.1, 0.15) is 12.4 Å². The van der Waals surface area contributed by atoms with Crippen molar-refractivity contribution in [1.29, 1.82) is 0 Å². The van der Waals surface area contributed by atoms with Crippen molar-refractivity contribution in [2.45, 2.75) is 32.3 Å². The quantitative estimate of drug-likeness (QED) is 0.172. The van der Waals surface area contributed by atoms with Gasteiger partial charge in [-0.05, 0) is 53.8 Å². The molecule has 0 fully saturated rings. The van der Waals surface area contributed by atoms with Gasteiger partial charge in [0.25, 0.3) is 0 Å². The first-order valence-corrected chi connectivity index (χ1v) is 13.1. The molecule has 0 aliphatic rings. The van der Waals surface area contributed by atoms with E-state index in [0.29, 0.717) is 31.3 Å². The molecule has 5 rings (SSSR count). The van der Waals surface area contributed by atoms with Crippen LogP contribution in [0.4, 0.5) is 0 Å². The van der Waals surface area contributed by atoms with Crippen molar-refractivity contribution in [2.75, 3.05) is 6.61 Å². The number of rotatable bonds is 12. The van der Waals surface area contributed by atoms with Gasteiger partial charge >= 0.3 is 5.97 Å². The molecule has 0 aliphatic heterocycles. The summed E-state index contributed by atoms with van der Waals surface area (Å²) in [6.07, 6.45) is 2.54. The Kier molecular flexibility index (Phi) is 8.44. The van der Waals surface area contributed by atoms with Crippen molar-refractivity contribution in [3.63, 3.8) is 0 Å². The molecule has 0 aliphatic carbocycles. The van der Waals surface area contributed by atoms with E-state index in [0.717, 1.165) is 51.7 Å². The van der Waals surface area contributed by atoms with Gasteiger partial charge in [-0.15, -0.1) is 0 Å². The molecule has 0 atom stereocenters. The summed E-state index contributed by atoms with van der Waals surface area (Å²) in [4.78, 5) is 20.3. The highest BCUT2D eigenvalue weighted by Gasteiger charge is 2.11. The summed E-state index contributed by atoms with van der Waals surface area (Å²) in [6.45, 7) is 0.987. The van der Waals surface area contributed by atoms with Gasteiger partial charge in [-0.25, -0.2) is 4.98 Å². The Bertz CT molecular complexity index is 1540. The van der Waals surface area contributed by atoms with Crippen LogP contribution < -0.4 is 9.47 Å². The SMILES string of the molecule is O=C(O)CCCCCOc1ccc2cc(-c3nc(OCc4ccccc4)cc(-c4ccccc4)n3)ccc2c1. The van der Waals surface area contributed by atoms with Gasteiger partial charge in [0.2, 0.25) is 5.88 Å². The molecule has 0 bridgehead atoms. The Morgan fingerprint density at radius 1 is 0.692 bits per heavy atom. The van der Waals surface area contributed by atoms with Crippen molar-refractivity contribution in [3.8, 4) is 34.3 Å². The number of aliphatic carboxylic acids is 1. The standard InChI is InChI=1S/C33H30N2O4/c36-32(37)14-8-3-9-19-38-29-18-17-26-20-28(16-15-27(26)21-29)33-34-30(25-12-6-2-7-13-25)22-31(35-33)39-23-24-10-4-1-5-11-24/h1-2,4-7,10-13,15-18,20-22H,3,8-9,14,19,23H2,(H,36,37). The van der Waals surface area contributed by atoms with E-state index in [4.69, 9.17) is 24.5 Å². The maximum Gasteiger partial charge on any atom is 0.303 e. The first-order chi connectivity index (χ1) is 19.1. The van der Waals surface area contributed by atoms with Gasteiger partial charge in [0.15, 0.2) is 5.82 Å². The number of unbranched alkanes of at least 4 members (excludes halogenated alkanes) is 2. The number of fused-ring (bicyclic) bond motifs is 1. The molecule has 0 saturated heterocycles. The minimum Gasteiger partial charge on any atom is -0.494 e. The molecule has 6 heteroatoms. The zero-order chi connectivity index (χ0) is 26.9. The monoisotopic (exact) mass is 518 g/mol. The van der Waals surface area contributed by atoms with Crippen molar-refractivity contribution >= 4 is 16.7 Å². The number of benzene rings is 4. The van der Waals surface area contributed by atoms with Crippen LogP contribution in [0.3, 0.4) is 0 Å². The Hall–Kier alpha value is -4.71. The van der Waals surface area contributed by atoms with Crippen molar-refractivity contribution in [1.82, 2.24) is 9.97 Å². The predicted molar refractivity (Wildman–Crippen MR) is 153 cm³/mol. The smallest absolute Gasteiger partial charge is 0.303 e. The lowest BCUT2D eigenvalue weighted by atomic mass is 10.1. The van der Waals surface area contributed by atoms with Gasteiger partial charge in [0.05, 0.1) is 12.3 Å². The highest BCUT2D eigenvalue weighted by atomic mass is 16.5. The van der Waals surface area contributed by atoms with E-state index in [9.17, 15) is 4.79 Å². The first-order valence-electron chi connectivity index (χ1n) is 13.1. The molecule has 6 nitrogen and oxygen atoms in total. The third kappa shape index (κ3) is 7.20. The molecule has 0 spiro atoms. The minimum absolute atomic E-state index is 0.205. The van der Waals surface area contributed by atoms with E-state index in [1.54, 1.807) is 0 Å². The molecule has 39 heavy (non-hydrogen) atoms. The molecule has 0 unspecified atom stereocenters. The Morgan fingerprint density at radius 2 is 1.44 bits per heavy atom. The second-order valence-corrected chi connectivity index (χ2v) is 9.33. The average molecular weight is 519 g/mol. The molecule has 0 radical (unpaired) electrons. The van der Waals surface area contributed by atoms with E-state index in [1.165, 1.54) is 0 Å². The number of ether oxygens (including phenoxy) is 2. The average Bonchev–Trinajstić information content (AvgIpc) is 2.98. The lowest BCUT2D eigenvalue weighted by molar-refractivity contribution is -0.137. The zero-order valence-corrected chi connectivity index (χ0v) is 21.6. The summed E-state index contributed by atoms with van der Waals surface area (Å²) in [5, 5.41) is 10.9. The third-order valence-corrected chi connectivity index (χ3v) is 6.38. The van der Waals surface area contributed by atoms with E-state index in [1.807, 2.05) is 97.1 Å². The van der Waals surface area contributed by atoms with E-state index >= 15 is 0 Å². The largest absolute Gasteiger partial charge is 0.494 e. The number of carboxylic acid groups (broad SMARTS) is 1. The lowest BCUT2D eigenvalue weighted by Crippen LogP contribution is -2.01. The fourth-order valence-corrected chi connectivity index (χ4v) is 4.31. The second kappa shape index (κ2) is 12.7. The lowest BCUT2D eigenvalue weighted by Gasteiger charge is -2.11. The molecular formula is C33H30N2O4. The van der Waals surface area contributed by atoms with Gasteiger partial charge in [-0.2, -0.15) is 4.98 Å². The van der Waals surface area contributed by atoms with E-state index in [2.05, 4.69) is 6.07 Å². The maximum atomic E-state index is 10.6. The number of carboxylic acids is 1. The van der Waals surface area contributed by atoms with Crippen molar-refractivity contribution in [3.05, 3.63) is 109 Å². The summed E-state index contributed by atoms with van der Waals surface area (Å²) in [6, 6.07) is 34.1. The molecular weight excluding hydrogens is 488 g/mol. The topological polar surface area (TPSA) is 81.5 Å². The van der Waals surface area contributed by atoms with Gasteiger partial charge in [0, 0.05) is 23.6 Å².